The van der Waals surface area contributed by atoms with Crippen molar-refractivity contribution in [1.29, 1.82) is 0 Å². The average molecular weight is 140 g/mol. The molecular weight excluding hydrogens is 124 g/mol. The smallest absolute Gasteiger partial charge is 0.0350 e. The zero-order valence-electron chi connectivity index (χ0n) is 6.80. The van der Waals surface area contributed by atoms with E-state index in [-0.39, 0.29) is 5.54 Å². The molecule has 0 bridgehead atoms. The van der Waals surface area contributed by atoms with E-state index in [0.29, 0.717) is 0 Å². The molecule has 2 nitrogen and oxygen atoms in total. The van der Waals surface area contributed by atoms with Gasteiger partial charge in [-0.15, -0.1) is 0 Å². The predicted octanol–water partition coefficient (Wildman–Crippen LogP) is 0.285. The topological polar surface area (TPSA) is 29.3 Å². The third kappa shape index (κ3) is 0.611. The highest BCUT2D eigenvalue weighted by atomic mass is 15.2. The van der Waals surface area contributed by atoms with E-state index in [1.165, 1.54) is 13.0 Å². The summed E-state index contributed by atoms with van der Waals surface area (Å²) in [5, 5.41) is 0. The predicted molar refractivity (Wildman–Crippen MR) is 41.7 cm³/mol. The molecule has 0 aromatic carbocycles. The van der Waals surface area contributed by atoms with E-state index in [9.17, 15) is 0 Å². The average Bonchev–Trinajstić information content (AvgIpc) is 2.07. The molecule has 1 heterocycles. The Morgan fingerprint density at radius 3 is 2.70 bits per heavy atom. The minimum absolute atomic E-state index is 0.189. The van der Waals surface area contributed by atoms with E-state index in [4.69, 9.17) is 5.73 Å². The Morgan fingerprint density at radius 1 is 1.60 bits per heavy atom. The van der Waals surface area contributed by atoms with Crippen LogP contribution in [0.3, 0.4) is 0 Å². The molecule has 0 amide bonds. The van der Waals surface area contributed by atoms with E-state index in [1.807, 2.05) is 0 Å². The van der Waals surface area contributed by atoms with Crippen LogP contribution in [-0.2, 0) is 0 Å². The number of hydrogen-bond donors (Lipinski definition) is 1. The van der Waals surface area contributed by atoms with Crippen molar-refractivity contribution in [3.8, 4) is 0 Å². The Bertz CT molecular complexity index is 157. The molecule has 1 aliphatic carbocycles. The molecule has 0 aromatic heterocycles. The molecule has 2 N–H and O–H groups in total. The maximum absolute atomic E-state index is 6.20. The van der Waals surface area contributed by atoms with Crippen molar-refractivity contribution in [3.63, 3.8) is 0 Å². The van der Waals surface area contributed by atoms with Crippen molar-refractivity contribution in [2.75, 3.05) is 20.1 Å². The van der Waals surface area contributed by atoms with Gasteiger partial charge in [0.25, 0.3) is 0 Å². The van der Waals surface area contributed by atoms with E-state index in [1.54, 1.807) is 0 Å². The van der Waals surface area contributed by atoms with Gasteiger partial charge in [-0.05, 0) is 25.3 Å². The number of likely N-dealkylation sites (N-methyl/N-ethyl adjacent to an activating group) is 1. The van der Waals surface area contributed by atoms with Crippen molar-refractivity contribution < 1.29 is 0 Å². The SMILES string of the molecule is CC1C[C@@H]2CN(C)C[C@]12N. The number of rotatable bonds is 0. The lowest BCUT2D eigenvalue weighted by molar-refractivity contribution is 0.0953. The summed E-state index contributed by atoms with van der Waals surface area (Å²) in [6, 6.07) is 0. The highest BCUT2D eigenvalue weighted by Gasteiger charge is 2.54. The molecule has 58 valence electrons. The first-order valence-electron chi connectivity index (χ1n) is 4.10. The zero-order valence-corrected chi connectivity index (χ0v) is 6.80. The number of nitrogens with two attached hydrogens (primary N) is 1. The summed E-state index contributed by atoms with van der Waals surface area (Å²) in [4.78, 5) is 2.36. The minimum atomic E-state index is 0.189. The summed E-state index contributed by atoms with van der Waals surface area (Å²) < 4.78 is 0. The lowest BCUT2D eigenvalue weighted by Gasteiger charge is -2.47. The molecule has 1 saturated heterocycles. The van der Waals surface area contributed by atoms with E-state index >= 15 is 0 Å². The van der Waals surface area contributed by atoms with Crippen LogP contribution < -0.4 is 5.73 Å². The second-order valence-electron chi connectivity index (χ2n) is 4.14. The number of likely N-dealkylation sites (tertiary alicyclic amines) is 1. The highest BCUT2D eigenvalue weighted by Crippen LogP contribution is 2.46. The highest BCUT2D eigenvalue weighted by molar-refractivity contribution is 5.11. The molecule has 0 radical (unpaired) electrons. The Labute approximate surface area is 62.4 Å². The van der Waals surface area contributed by atoms with Crippen molar-refractivity contribution >= 4 is 0 Å². The van der Waals surface area contributed by atoms with Crippen LogP contribution >= 0.6 is 0 Å². The molecule has 2 rings (SSSR count). The van der Waals surface area contributed by atoms with Gasteiger partial charge in [0.15, 0.2) is 0 Å². The molecular formula is C8H16N2. The summed E-state index contributed by atoms with van der Waals surface area (Å²) >= 11 is 0. The second kappa shape index (κ2) is 1.74. The van der Waals surface area contributed by atoms with Gasteiger partial charge in [0.05, 0.1) is 0 Å². The summed E-state index contributed by atoms with van der Waals surface area (Å²) in [6.45, 7) is 4.61. The Kier molecular flexibility index (Phi) is 1.15. The van der Waals surface area contributed by atoms with Crippen LogP contribution in [0.15, 0.2) is 0 Å². The first kappa shape index (κ1) is 6.62. The van der Waals surface area contributed by atoms with Gasteiger partial charge in [0.2, 0.25) is 0 Å². The fourth-order valence-electron chi connectivity index (χ4n) is 2.55. The van der Waals surface area contributed by atoms with Gasteiger partial charge in [-0.1, -0.05) is 6.92 Å². The lowest BCUT2D eigenvalue weighted by atomic mass is 9.62. The van der Waals surface area contributed by atoms with Crippen LogP contribution in [0.25, 0.3) is 0 Å². The van der Waals surface area contributed by atoms with Crippen LogP contribution in [0.5, 0.6) is 0 Å². The summed E-state index contributed by atoms with van der Waals surface area (Å²) in [6.07, 6.45) is 1.35. The second-order valence-corrected chi connectivity index (χ2v) is 4.14. The van der Waals surface area contributed by atoms with Crippen LogP contribution in [0, 0.1) is 11.8 Å². The van der Waals surface area contributed by atoms with Gasteiger partial charge in [0.1, 0.15) is 0 Å². The van der Waals surface area contributed by atoms with Crippen LogP contribution in [-0.4, -0.2) is 30.6 Å². The molecule has 0 spiro atoms. The number of hydrogen-bond acceptors (Lipinski definition) is 2. The summed E-state index contributed by atoms with van der Waals surface area (Å²) in [5.41, 5.74) is 6.39. The maximum Gasteiger partial charge on any atom is 0.0350 e. The van der Waals surface area contributed by atoms with Crippen LogP contribution in [0.1, 0.15) is 13.3 Å². The molecule has 1 aliphatic heterocycles. The summed E-state index contributed by atoms with van der Waals surface area (Å²) in [5.74, 6) is 1.55. The van der Waals surface area contributed by atoms with Crippen LogP contribution in [0.4, 0.5) is 0 Å². The largest absolute Gasteiger partial charge is 0.324 e. The third-order valence-electron chi connectivity index (χ3n) is 3.39. The molecule has 1 saturated carbocycles. The Balaban J connectivity index is 2.14. The zero-order chi connectivity index (χ0) is 7.35. The van der Waals surface area contributed by atoms with Crippen molar-refractivity contribution in [2.45, 2.75) is 18.9 Å². The molecule has 1 unspecified atom stereocenters. The van der Waals surface area contributed by atoms with E-state index in [0.717, 1.165) is 18.4 Å². The van der Waals surface area contributed by atoms with Gasteiger partial charge in [-0.25, -0.2) is 0 Å². The molecule has 2 aliphatic rings. The van der Waals surface area contributed by atoms with Crippen molar-refractivity contribution in [2.24, 2.45) is 17.6 Å². The third-order valence-corrected chi connectivity index (χ3v) is 3.39. The standard InChI is InChI=1S/C8H16N2/c1-6-3-7-4-10(2)5-8(6,7)9/h6-7H,3-5,9H2,1-2H3/t6?,7-,8+/m1/s1. The number of fused-ring (bicyclic) bond motifs is 1. The minimum Gasteiger partial charge on any atom is -0.324 e. The fourth-order valence-corrected chi connectivity index (χ4v) is 2.55. The Hall–Kier alpha value is -0.0800. The van der Waals surface area contributed by atoms with Crippen LogP contribution in [0.2, 0.25) is 0 Å². The van der Waals surface area contributed by atoms with E-state index in [2.05, 4.69) is 18.9 Å². The van der Waals surface area contributed by atoms with Crippen molar-refractivity contribution in [1.82, 2.24) is 4.90 Å². The Morgan fingerprint density at radius 2 is 2.30 bits per heavy atom. The number of nitrogens with zero attached hydrogens (tertiary/aromatic N) is 1. The van der Waals surface area contributed by atoms with Gasteiger partial charge in [0, 0.05) is 18.6 Å². The first-order chi connectivity index (χ1) is 4.63. The van der Waals surface area contributed by atoms with E-state index < -0.39 is 0 Å². The molecule has 2 fully saturated rings. The van der Waals surface area contributed by atoms with Gasteiger partial charge >= 0.3 is 0 Å². The quantitative estimate of drug-likeness (QED) is 0.524. The maximum atomic E-state index is 6.20. The van der Waals surface area contributed by atoms with Gasteiger partial charge < -0.3 is 10.6 Å². The molecule has 0 aromatic rings. The first-order valence-corrected chi connectivity index (χ1v) is 4.10. The van der Waals surface area contributed by atoms with Gasteiger partial charge in [-0.2, -0.15) is 0 Å². The van der Waals surface area contributed by atoms with Crippen molar-refractivity contribution in [3.05, 3.63) is 0 Å². The molecule has 3 atom stereocenters. The monoisotopic (exact) mass is 140 g/mol. The molecule has 2 heteroatoms. The lowest BCUT2D eigenvalue weighted by Crippen LogP contribution is -2.61. The fraction of sp³-hybridized carbons (Fsp3) is 1.00. The summed E-state index contributed by atoms with van der Waals surface area (Å²) in [7, 11) is 2.17. The van der Waals surface area contributed by atoms with Gasteiger partial charge in [-0.3, -0.25) is 0 Å². The molecule has 10 heavy (non-hydrogen) atoms. The normalized spacial score (nSPS) is 54.3.